The molecule has 1 heterocycles. The molecular weight excluding hydrogens is 322 g/mol. The van der Waals surface area contributed by atoms with Crippen molar-refractivity contribution in [2.45, 2.75) is 6.61 Å². The minimum atomic E-state index is -2.89. The van der Waals surface area contributed by atoms with Crippen LogP contribution in [0, 0.1) is 0 Å². The van der Waals surface area contributed by atoms with E-state index in [1.54, 1.807) is 18.2 Å². The first kappa shape index (κ1) is 15.9. The molecule has 24 heavy (non-hydrogen) atoms. The molecule has 8 heteroatoms. The van der Waals surface area contributed by atoms with Crippen LogP contribution in [0.2, 0.25) is 0 Å². The number of carbonyl (C=O) groups is 1. The molecule has 126 valence electrons. The lowest BCUT2D eigenvalue weighted by molar-refractivity contribution is -0.0498. The Balaban J connectivity index is 1.59. The van der Waals surface area contributed by atoms with Crippen LogP contribution in [0.25, 0.3) is 0 Å². The molecule has 0 aromatic heterocycles. The Morgan fingerprint density at radius 1 is 0.958 bits per heavy atom. The molecule has 0 spiro atoms. The fraction of sp³-hybridized carbons (Fsp3) is 0.188. The summed E-state index contributed by atoms with van der Waals surface area (Å²) in [4.78, 5) is 12.0. The van der Waals surface area contributed by atoms with Crippen molar-refractivity contribution < 1.29 is 27.8 Å². The van der Waals surface area contributed by atoms with Gasteiger partial charge in [0.15, 0.2) is 11.5 Å². The van der Waals surface area contributed by atoms with Crippen molar-refractivity contribution in [1.29, 1.82) is 0 Å². The minimum absolute atomic E-state index is 0.0165. The lowest BCUT2D eigenvalue weighted by Gasteiger charge is -2.19. The van der Waals surface area contributed by atoms with Gasteiger partial charge in [-0.05, 0) is 36.4 Å². The molecule has 0 saturated carbocycles. The average molecular weight is 336 g/mol. The van der Waals surface area contributed by atoms with Gasteiger partial charge in [-0.2, -0.15) is 8.78 Å². The first-order chi connectivity index (χ1) is 11.6. The predicted molar refractivity (Wildman–Crippen MR) is 83.1 cm³/mol. The summed E-state index contributed by atoms with van der Waals surface area (Å²) in [5.74, 6) is 1.21. The van der Waals surface area contributed by atoms with Gasteiger partial charge in [0.05, 0.1) is 0 Å². The highest BCUT2D eigenvalue weighted by Crippen LogP contribution is 2.32. The number of hydrogen-bond acceptors (Lipinski definition) is 4. The number of ether oxygens (including phenoxy) is 3. The summed E-state index contributed by atoms with van der Waals surface area (Å²) < 4.78 is 39.2. The van der Waals surface area contributed by atoms with E-state index in [9.17, 15) is 13.6 Å². The molecule has 1 aliphatic rings. The third-order valence-corrected chi connectivity index (χ3v) is 3.14. The molecule has 2 aromatic rings. The van der Waals surface area contributed by atoms with Crippen molar-refractivity contribution in [3.05, 3.63) is 42.5 Å². The molecule has 0 radical (unpaired) electrons. The van der Waals surface area contributed by atoms with Crippen molar-refractivity contribution >= 4 is 17.4 Å². The van der Waals surface area contributed by atoms with Crippen LogP contribution in [0.3, 0.4) is 0 Å². The van der Waals surface area contributed by atoms with Crippen LogP contribution < -0.4 is 24.8 Å². The number of benzene rings is 2. The summed E-state index contributed by atoms with van der Waals surface area (Å²) in [7, 11) is 0. The Labute approximate surface area is 136 Å². The average Bonchev–Trinajstić information content (AvgIpc) is 2.56. The van der Waals surface area contributed by atoms with E-state index in [4.69, 9.17) is 9.47 Å². The monoisotopic (exact) mass is 336 g/mol. The summed E-state index contributed by atoms with van der Waals surface area (Å²) in [5.41, 5.74) is 0.973. The van der Waals surface area contributed by atoms with E-state index in [0.29, 0.717) is 36.1 Å². The normalized spacial score (nSPS) is 12.6. The Morgan fingerprint density at radius 2 is 1.58 bits per heavy atom. The number of urea groups is 1. The second kappa shape index (κ2) is 7.03. The van der Waals surface area contributed by atoms with Gasteiger partial charge in [-0.3, -0.25) is 0 Å². The topological polar surface area (TPSA) is 68.8 Å². The van der Waals surface area contributed by atoms with Crippen LogP contribution in [0.15, 0.2) is 42.5 Å². The summed E-state index contributed by atoms with van der Waals surface area (Å²) >= 11 is 0. The van der Waals surface area contributed by atoms with Gasteiger partial charge in [0.1, 0.15) is 19.0 Å². The van der Waals surface area contributed by atoms with Crippen molar-refractivity contribution in [2.75, 3.05) is 23.8 Å². The number of hydrogen-bond donors (Lipinski definition) is 2. The van der Waals surface area contributed by atoms with E-state index in [1.807, 2.05) is 0 Å². The molecule has 0 fully saturated rings. The molecular formula is C16H14F2N2O4. The fourth-order valence-corrected chi connectivity index (χ4v) is 2.13. The molecule has 1 aliphatic heterocycles. The van der Waals surface area contributed by atoms with Gasteiger partial charge in [-0.25, -0.2) is 4.79 Å². The van der Waals surface area contributed by atoms with Gasteiger partial charge in [0.2, 0.25) is 0 Å². The molecule has 6 nitrogen and oxygen atoms in total. The second-order valence-electron chi connectivity index (χ2n) is 4.84. The number of fused-ring (bicyclic) bond motifs is 1. The largest absolute Gasteiger partial charge is 0.486 e. The van der Waals surface area contributed by atoms with E-state index in [0.717, 1.165) is 0 Å². The van der Waals surface area contributed by atoms with Crippen molar-refractivity contribution in [3.8, 4) is 17.2 Å². The van der Waals surface area contributed by atoms with E-state index in [2.05, 4.69) is 15.4 Å². The summed E-state index contributed by atoms with van der Waals surface area (Å²) in [6, 6.07) is 10.2. The molecule has 0 atom stereocenters. The maximum atomic E-state index is 12.1. The Hall–Kier alpha value is -3.03. The first-order valence-electron chi connectivity index (χ1n) is 7.13. The van der Waals surface area contributed by atoms with Gasteiger partial charge in [0, 0.05) is 17.4 Å². The Kier molecular flexibility index (Phi) is 4.64. The lowest BCUT2D eigenvalue weighted by atomic mass is 10.2. The number of amides is 2. The highest BCUT2D eigenvalue weighted by Gasteiger charge is 2.13. The van der Waals surface area contributed by atoms with E-state index in [-0.39, 0.29) is 5.75 Å². The lowest BCUT2D eigenvalue weighted by Crippen LogP contribution is -2.20. The summed E-state index contributed by atoms with van der Waals surface area (Å²) in [6.07, 6.45) is 0. The van der Waals surface area contributed by atoms with Gasteiger partial charge < -0.3 is 24.8 Å². The van der Waals surface area contributed by atoms with Crippen LogP contribution in [0.4, 0.5) is 25.0 Å². The van der Waals surface area contributed by atoms with Crippen molar-refractivity contribution in [2.24, 2.45) is 0 Å². The zero-order valence-electron chi connectivity index (χ0n) is 12.4. The van der Waals surface area contributed by atoms with E-state index >= 15 is 0 Å². The van der Waals surface area contributed by atoms with Crippen LogP contribution in [0.1, 0.15) is 0 Å². The maximum absolute atomic E-state index is 12.1. The van der Waals surface area contributed by atoms with Gasteiger partial charge in [-0.15, -0.1) is 0 Å². The van der Waals surface area contributed by atoms with Crippen LogP contribution >= 0.6 is 0 Å². The quantitative estimate of drug-likeness (QED) is 0.893. The predicted octanol–water partition coefficient (Wildman–Crippen LogP) is 3.70. The smallest absolute Gasteiger partial charge is 0.387 e. The molecule has 0 saturated heterocycles. The number of carbonyl (C=O) groups excluding carboxylic acids is 1. The van der Waals surface area contributed by atoms with Crippen molar-refractivity contribution in [3.63, 3.8) is 0 Å². The molecule has 2 N–H and O–H groups in total. The molecule has 2 amide bonds. The number of anilines is 2. The van der Waals surface area contributed by atoms with Gasteiger partial charge in [0.25, 0.3) is 0 Å². The summed E-state index contributed by atoms with van der Waals surface area (Å²) in [6.45, 7) is -1.94. The first-order valence-corrected chi connectivity index (χ1v) is 7.13. The van der Waals surface area contributed by atoms with Crippen LogP contribution in [-0.4, -0.2) is 25.9 Å². The van der Waals surface area contributed by atoms with Crippen molar-refractivity contribution in [1.82, 2.24) is 0 Å². The third-order valence-electron chi connectivity index (χ3n) is 3.14. The number of nitrogens with one attached hydrogen (secondary N) is 2. The second-order valence-corrected chi connectivity index (χ2v) is 4.84. The highest BCUT2D eigenvalue weighted by molar-refractivity contribution is 5.99. The molecule has 3 rings (SSSR count). The number of halogens is 2. The number of rotatable bonds is 4. The van der Waals surface area contributed by atoms with E-state index in [1.165, 1.54) is 24.3 Å². The van der Waals surface area contributed by atoms with Gasteiger partial charge in [-0.1, -0.05) is 0 Å². The van der Waals surface area contributed by atoms with Gasteiger partial charge >= 0.3 is 12.6 Å². The Bertz CT molecular complexity index is 723. The molecule has 0 bridgehead atoms. The fourth-order valence-electron chi connectivity index (χ4n) is 2.13. The number of alkyl halides is 2. The third kappa shape index (κ3) is 4.03. The molecule has 0 unspecified atom stereocenters. The maximum Gasteiger partial charge on any atom is 0.387 e. The molecule has 0 aliphatic carbocycles. The SMILES string of the molecule is O=C(Nc1ccc(OC(F)F)cc1)Nc1ccc2c(c1)OCCO2. The minimum Gasteiger partial charge on any atom is -0.486 e. The summed E-state index contributed by atoms with van der Waals surface area (Å²) in [5, 5.41) is 5.24. The van der Waals surface area contributed by atoms with Crippen LogP contribution in [0.5, 0.6) is 17.2 Å². The highest BCUT2D eigenvalue weighted by atomic mass is 19.3. The standard InChI is InChI=1S/C16H14F2N2O4/c17-15(18)24-12-4-1-10(2-5-12)19-16(21)20-11-3-6-13-14(9-11)23-8-7-22-13/h1-6,9,15H,7-8H2,(H2,19,20,21). The van der Waals surface area contributed by atoms with Crippen LogP contribution in [-0.2, 0) is 0 Å². The molecule has 2 aromatic carbocycles. The zero-order chi connectivity index (χ0) is 16.9. The van der Waals surface area contributed by atoms with E-state index < -0.39 is 12.6 Å². The Morgan fingerprint density at radius 3 is 2.29 bits per heavy atom. The zero-order valence-corrected chi connectivity index (χ0v) is 12.4.